The molecule has 0 saturated carbocycles. The maximum atomic E-state index is 12.6. The SMILES string of the molecule is COC(=O)C1=C(Nc2cc(C(=O)NC(C)C)ccc2C)C(=O)N(CCO)C1. The lowest BCUT2D eigenvalue weighted by Crippen LogP contribution is -2.31. The van der Waals surface area contributed by atoms with E-state index in [9.17, 15) is 14.4 Å². The van der Waals surface area contributed by atoms with Crippen molar-refractivity contribution >= 4 is 23.5 Å². The number of aliphatic hydroxyl groups excluding tert-OH is 1. The number of amides is 2. The zero-order valence-electron chi connectivity index (χ0n) is 16.0. The Bertz CT molecular complexity index is 786. The number of carbonyl (C=O) groups excluding carboxylic acids is 3. The number of nitrogens with one attached hydrogen (secondary N) is 2. The van der Waals surface area contributed by atoms with Crippen LogP contribution in [0.5, 0.6) is 0 Å². The van der Waals surface area contributed by atoms with Gasteiger partial charge in [-0.3, -0.25) is 9.59 Å². The minimum absolute atomic E-state index is 0.00713. The predicted octanol–water partition coefficient (Wildman–Crippen LogP) is 0.807. The van der Waals surface area contributed by atoms with E-state index in [0.717, 1.165) is 5.56 Å². The van der Waals surface area contributed by atoms with Crippen LogP contribution in [0, 0.1) is 6.92 Å². The molecule has 0 radical (unpaired) electrons. The van der Waals surface area contributed by atoms with Crippen molar-refractivity contribution in [2.45, 2.75) is 26.8 Å². The van der Waals surface area contributed by atoms with Gasteiger partial charge in [0.25, 0.3) is 11.8 Å². The molecular weight excluding hydrogens is 350 g/mol. The quantitative estimate of drug-likeness (QED) is 0.609. The number of carbonyl (C=O) groups is 3. The second-order valence-corrected chi connectivity index (χ2v) is 6.58. The van der Waals surface area contributed by atoms with Gasteiger partial charge in [-0.25, -0.2) is 4.79 Å². The average molecular weight is 375 g/mol. The van der Waals surface area contributed by atoms with E-state index in [1.807, 2.05) is 20.8 Å². The molecule has 0 atom stereocenters. The summed E-state index contributed by atoms with van der Waals surface area (Å²) in [4.78, 5) is 38.3. The third-order valence-corrected chi connectivity index (χ3v) is 4.13. The molecule has 8 nitrogen and oxygen atoms in total. The van der Waals surface area contributed by atoms with Crippen LogP contribution in [0.15, 0.2) is 29.5 Å². The fourth-order valence-corrected chi connectivity index (χ4v) is 2.73. The van der Waals surface area contributed by atoms with Crippen LogP contribution < -0.4 is 10.6 Å². The van der Waals surface area contributed by atoms with E-state index in [4.69, 9.17) is 9.84 Å². The third kappa shape index (κ3) is 4.65. The molecule has 1 aliphatic heterocycles. The number of hydrogen-bond acceptors (Lipinski definition) is 6. The maximum Gasteiger partial charge on any atom is 0.337 e. The van der Waals surface area contributed by atoms with Crippen molar-refractivity contribution in [2.75, 3.05) is 32.1 Å². The lowest BCUT2D eigenvalue weighted by molar-refractivity contribution is -0.136. The summed E-state index contributed by atoms with van der Waals surface area (Å²) >= 11 is 0. The number of β-amino-alcohol motifs (C(OH)–C–C–N with tert-alkyl or cyclic N) is 1. The molecule has 3 N–H and O–H groups in total. The Balaban J connectivity index is 2.36. The molecule has 1 aromatic carbocycles. The minimum atomic E-state index is -0.613. The van der Waals surface area contributed by atoms with Crippen LogP contribution in [0.25, 0.3) is 0 Å². The number of nitrogens with zero attached hydrogens (tertiary/aromatic N) is 1. The average Bonchev–Trinajstić information content (AvgIpc) is 2.92. The smallest absolute Gasteiger partial charge is 0.337 e. The number of aliphatic hydroxyl groups is 1. The van der Waals surface area contributed by atoms with Crippen molar-refractivity contribution in [3.63, 3.8) is 0 Å². The minimum Gasteiger partial charge on any atom is -0.466 e. The van der Waals surface area contributed by atoms with Gasteiger partial charge in [-0.15, -0.1) is 0 Å². The van der Waals surface area contributed by atoms with Crippen LogP contribution in [-0.2, 0) is 14.3 Å². The molecule has 0 bridgehead atoms. The van der Waals surface area contributed by atoms with Gasteiger partial charge in [-0.1, -0.05) is 6.07 Å². The van der Waals surface area contributed by atoms with Crippen LogP contribution in [0.1, 0.15) is 29.8 Å². The molecule has 0 saturated heterocycles. The highest BCUT2D eigenvalue weighted by Crippen LogP contribution is 2.25. The molecule has 0 aromatic heterocycles. The van der Waals surface area contributed by atoms with Crippen molar-refractivity contribution < 1.29 is 24.2 Å². The summed E-state index contributed by atoms with van der Waals surface area (Å²) in [7, 11) is 1.24. The van der Waals surface area contributed by atoms with Gasteiger partial charge in [-0.05, 0) is 38.5 Å². The zero-order valence-corrected chi connectivity index (χ0v) is 16.0. The molecular formula is C19H25N3O5. The Morgan fingerprint density at radius 2 is 2.04 bits per heavy atom. The Labute approximate surface area is 158 Å². The monoisotopic (exact) mass is 375 g/mol. The Morgan fingerprint density at radius 3 is 2.63 bits per heavy atom. The first-order chi connectivity index (χ1) is 12.8. The van der Waals surface area contributed by atoms with Crippen LogP contribution in [0.2, 0.25) is 0 Å². The first-order valence-corrected chi connectivity index (χ1v) is 8.68. The fourth-order valence-electron chi connectivity index (χ4n) is 2.73. The van der Waals surface area contributed by atoms with E-state index in [2.05, 4.69) is 10.6 Å². The van der Waals surface area contributed by atoms with Crippen LogP contribution in [0.4, 0.5) is 5.69 Å². The van der Waals surface area contributed by atoms with E-state index >= 15 is 0 Å². The van der Waals surface area contributed by atoms with Crippen LogP contribution in [0.3, 0.4) is 0 Å². The van der Waals surface area contributed by atoms with E-state index < -0.39 is 11.9 Å². The van der Waals surface area contributed by atoms with Gasteiger partial charge in [0.05, 0.1) is 25.8 Å². The van der Waals surface area contributed by atoms with Gasteiger partial charge < -0.3 is 25.4 Å². The standard InChI is InChI=1S/C19H25N3O5/c1-11(2)20-17(24)13-6-5-12(3)15(9-13)21-16-14(19(26)27-4)10-22(7-8-23)18(16)25/h5-6,9,11,21,23H,7-8,10H2,1-4H3,(H,20,24). The van der Waals surface area contributed by atoms with E-state index in [1.165, 1.54) is 12.0 Å². The van der Waals surface area contributed by atoms with Crippen molar-refractivity contribution in [1.82, 2.24) is 10.2 Å². The molecule has 0 spiro atoms. The van der Waals surface area contributed by atoms with Crippen molar-refractivity contribution in [1.29, 1.82) is 0 Å². The summed E-state index contributed by atoms with van der Waals surface area (Å²) in [6.45, 7) is 5.52. The molecule has 2 rings (SSSR count). The summed E-state index contributed by atoms with van der Waals surface area (Å²) in [6, 6.07) is 5.09. The number of aryl methyl sites for hydroxylation is 1. The summed E-state index contributed by atoms with van der Waals surface area (Å²) in [6.07, 6.45) is 0. The number of rotatable bonds is 7. The zero-order chi connectivity index (χ0) is 20.1. The van der Waals surface area contributed by atoms with Gasteiger partial charge in [0.2, 0.25) is 0 Å². The predicted molar refractivity (Wildman–Crippen MR) is 100 cm³/mol. The highest BCUT2D eigenvalue weighted by Gasteiger charge is 2.34. The van der Waals surface area contributed by atoms with Gasteiger partial charge in [0, 0.05) is 23.8 Å². The second-order valence-electron chi connectivity index (χ2n) is 6.58. The normalized spacial score (nSPS) is 14.0. The van der Waals surface area contributed by atoms with Crippen molar-refractivity contribution in [2.24, 2.45) is 0 Å². The van der Waals surface area contributed by atoms with Gasteiger partial charge >= 0.3 is 5.97 Å². The molecule has 0 fully saturated rings. The third-order valence-electron chi connectivity index (χ3n) is 4.13. The summed E-state index contributed by atoms with van der Waals surface area (Å²) in [5.41, 5.74) is 2.07. The lowest BCUT2D eigenvalue weighted by atomic mass is 10.1. The second kappa shape index (κ2) is 8.68. The number of anilines is 1. The first kappa shape index (κ1) is 20.4. The number of ether oxygens (including phenoxy) is 1. The van der Waals surface area contributed by atoms with Crippen molar-refractivity contribution in [3.05, 3.63) is 40.6 Å². The molecule has 27 heavy (non-hydrogen) atoms. The molecule has 2 amide bonds. The Morgan fingerprint density at radius 1 is 1.33 bits per heavy atom. The molecule has 0 aliphatic carbocycles. The highest BCUT2D eigenvalue weighted by atomic mass is 16.5. The Hall–Kier alpha value is -2.87. The highest BCUT2D eigenvalue weighted by molar-refractivity contribution is 6.08. The summed E-state index contributed by atoms with van der Waals surface area (Å²) in [5, 5.41) is 14.9. The van der Waals surface area contributed by atoms with E-state index in [0.29, 0.717) is 11.3 Å². The van der Waals surface area contributed by atoms with Gasteiger partial charge in [-0.2, -0.15) is 0 Å². The topological polar surface area (TPSA) is 108 Å². The number of esters is 1. The Kier molecular flexibility index (Phi) is 6.57. The molecule has 146 valence electrons. The lowest BCUT2D eigenvalue weighted by Gasteiger charge is -2.16. The first-order valence-electron chi connectivity index (χ1n) is 8.68. The van der Waals surface area contributed by atoms with Gasteiger partial charge in [0.15, 0.2) is 0 Å². The summed E-state index contributed by atoms with van der Waals surface area (Å²) < 4.78 is 4.77. The largest absolute Gasteiger partial charge is 0.466 e. The summed E-state index contributed by atoms with van der Waals surface area (Å²) in [5.74, 6) is -1.24. The van der Waals surface area contributed by atoms with Crippen molar-refractivity contribution in [3.8, 4) is 0 Å². The molecule has 0 unspecified atom stereocenters. The van der Waals surface area contributed by atoms with E-state index in [-0.39, 0.29) is 42.9 Å². The van der Waals surface area contributed by atoms with E-state index in [1.54, 1.807) is 18.2 Å². The van der Waals surface area contributed by atoms with Crippen LogP contribution >= 0.6 is 0 Å². The molecule has 1 heterocycles. The molecule has 8 heteroatoms. The number of methoxy groups -OCH3 is 1. The number of benzene rings is 1. The number of hydrogen-bond donors (Lipinski definition) is 3. The van der Waals surface area contributed by atoms with Crippen LogP contribution in [-0.4, -0.2) is 60.6 Å². The molecule has 1 aliphatic rings. The fraction of sp³-hybridized carbons (Fsp3) is 0.421. The van der Waals surface area contributed by atoms with Gasteiger partial charge in [0.1, 0.15) is 5.70 Å². The molecule has 1 aromatic rings. The maximum absolute atomic E-state index is 12.6.